The largest absolute Gasteiger partial charge is 0.465 e. The summed E-state index contributed by atoms with van der Waals surface area (Å²) in [7, 11) is 0. The number of carbonyl (C=O) groups excluding carboxylic acids is 2. The number of aromatic nitrogens is 1. The first-order valence-electron chi connectivity index (χ1n) is 10.3. The number of fused-ring (bicyclic) bond motifs is 1. The number of ether oxygens (including phenoxy) is 1. The molecule has 1 aromatic heterocycles. The van der Waals surface area contributed by atoms with Crippen LogP contribution in [0.3, 0.4) is 0 Å². The van der Waals surface area contributed by atoms with E-state index in [1.807, 2.05) is 25.1 Å². The molecule has 1 atom stereocenters. The molecule has 28 heavy (non-hydrogen) atoms. The number of allylic oxidation sites excluding steroid dienone is 1. The number of rotatable bonds is 1. The van der Waals surface area contributed by atoms with E-state index in [-0.39, 0.29) is 11.8 Å². The number of benzene rings is 1. The molecule has 0 amide bonds. The minimum absolute atomic E-state index is 0.236. The molecule has 0 radical (unpaired) electrons. The molecule has 0 aliphatic carbocycles. The van der Waals surface area contributed by atoms with Crippen molar-refractivity contribution in [3.05, 3.63) is 40.9 Å². The molecular weight excluding hydrogens is 370 g/mol. The molecule has 0 saturated carbocycles. The van der Waals surface area contributed by atoms with Crippen LogP contribution in [0.1, 0.15) is 74.3 Å². The summed E-state index contributed by atoms with van der Waals surface area (Å²) in [4.78, 5) is 29.6. The second-order valence-electron chi connectivity index (χ2n) is 7.47. The summed E-state index contributed by atoms with van der Waals surface area (Å²) in [5.41, 5.74) is 1.81. The third-order valence-corrected chi connectivity index (χ3v) is 6.14. The van der Waals surface area contributed by atoms with Crippen molar-refractivity contribution in [1.82, 2.24) is 4.98 Å². The zero-order valence-electron chi connectivity index (χ0n) is 16.6. The van der Waals surface area contributed by atoms with Gasteiger partial charge in [-0.25, -0.2) is 4.98 Å². The Balaban J connectivity index is 1.76. The van der Waals surface area contributed by atoms with Crippen molar-refractivity contribution < 1.29 is 14.3 Å². The number of aryl methyl sites for hydroxylation is 1. The van der Waals surface area contributed by atoms with Gasteiger partial charge in [0, 0.05) is 12.8 Å². The summed E-state index contributed by atoms with van der Waals surface area (Å²) in [5.74, 6) is -0.401. The van der Waals surface area contributed by atoms with Gasteiger partial charge in [-0.1, -0.05) is 31.1 Å². The van der Waals surface area contributed by atoms with Gasteiger partial charge < -0.3 is 4.74 Å². The molecule has 0 spiro atoms. The number of carbonyl (C=O) groups is 2. The molecule has 1 unspecified atom stereocenters. The average molecular weight is 400 g/mol. The highest BCUT2D eigenvalue weighted by Gasteiger charge is 2.24. The molecule has 0 fully saturated rings. The minimum Gasteiger partial charge on any atom is -0.465 e. The van der Waals surface area contributed by atoms with Gasteiger partial charge in [0.1, 0.15) is 5.78 Å². The Morgan fingerprint density at radius 3 is 2.75 bits per heavy atom. The molecule has 1 aliphatic rings. The first kappa shape index (κ1) is 20.7. The van der Waals surface area contributed by atoms with Crippen LogP contribution in [-0.2, 0) is 14.3 Å². The molecular formula is C23H29NO3S. The first-order chi connectivity index (χ1) is 13.6. The van der Waals surface area contributed by atoms with Crippen molar-refractivity contribution in [3.63, 3.8) is 0 Å². The van der Waals surface area contributed by atoms with E-state index in [1.54, 1.807) is 11.3 Å². The zero-order chi connectivity index (χ0) is 19.8. The van der Waals surface area contributed by atoms with Crippen molar-refractivity contribution in [2.75, 3.05) is 6.61 Å². The van der Waals surface area contributed by atoms with Crippen LogP contribution in [0.4, 0.5) is 0 Å². The monoisotopic (exact) mass is 399 g/mol. The van der Waals surface area contributed by atoms with Crippen LogP contribution in [0.15, 0.2) is 30.4 Å². The van der Waals surface area contributed by atoms with Gasteiger partial charge in [0.05, 0.1) is 27.7 Å². The Kier molecular flexibility index (Phi) is 7.78. The van der Waals surface area contributed by atoms with E-state index in [0.717, 1.165) is 52.9 Å². The molecule has 0 saturated heterocycles. The van der Waals surface area contributed by atoms with Gasteiger partial charge in [0.15, 0.2) is 0 Å². The molecule has 0 bridgehead atoms. The quantitative estimate of drug-likeness (QED) is 0.444. The topological polar surface area (TPSA) is 56.3 Å². The van der Waals surface area contributed by atoms with Gasteiger partial charge >= 0.3 is 5.97 Å². The lowest BCUT2D eigenvalue weighted by Crippen LogP contribution is -2.18. The van der Waals surface area contributed by atoms with Crippen LogP contribution >= 0.6 is 11.3 Å². The van der Waals surface area contributed by atoms with E-state index < -0.39 is 5.92 Å². The number of ketones is 1. The highest BCUT2D eigenvalue weighted by molar-refractivity contribution is 7.18. The normalized spacial score (nSPS) is 22.1. The van der Waals surface area contributed by atoms with E-state index in [0.29, 0.717) is 25.9 Å². The summed E-state index contributed by atoms with van der Waals surface area (Å²) in [6.45, 7) is 2.37. The van der Waals surface area contributed by atoms with Crippen molar-refractivity contribution in [2.24, 2.45) is 0 Å². The Morgan fingerprint density at radius 2 is 1.86 bits per heavy atom. The lowest BCUT2D eigenvalue weighted by atomic mass is 9.92. The van der Waals surface area contributed by atoms with Gasteiger partial charge in [-0.15, -0.1) is 11.3 Å². The number of hydrogen-bond acceptors (Lipinski definition) is 5. The van der Waals surface area contributed by atoms with Crippen LogP contribution in [0.5, 0.6) is 0 Å². The Labute approximate surface area is 171 Å². The van der Waals surface area contributed by atoms with Crippen LogP contribution in [-0.4, -0.2) is 23.3 Å². The van der Waals surface area contributed by atoms with Crippen LogP contribution in [0, 0.1) is 6.92 Å². The molecule has 150 valence electrons. The van der Waals surface area contributed by atoms with Crippen LogP contribution < -0.4 is 0 Å². The summed E-state index contributed by atoms with van der Waals surface area (Å²) >= 11 is 1.65. The molecule has 4 nitrogen and oxygen atoms in total. The minimum atomic E-state index is -0.410. The summed E-state index contributed by atoms with van der Waals surface area (Å²) in [6.07, 6.45) is 12.0. The Hall–Kier alpha value is -2.01. The SMILES string of the molecule is Cc1nc2cc(C3CCC(=O)CCCCCC/C=C/CCOC3=O)ccc2s1. The molecule has 5 heteroatoms. The maximum absolute atomic E-state index is 12.8. The second kappa shape index (κ2) is 10.5. The Bertz CT molecular complexity index is 839. The van der Waals surface area contributed by atoms with Crippen molar-refractivity contribution in [1.29, 1.82) is 0 Å². The predicted molar refractivity (Wildman–Crippen MR) is 114 cm³/mol. The maximum Gasteiger partial charge on any atom is 0.313 e. The fourth-order valence-corrected chi connectivity index (χ4v) is 4.44. The van der Waals surface area contributed by atoms with Gasteiger partial charge in [-0.3, -0.25) is 9.59 Å². The fraction of sp³-hybridized carbons (Fsp3) is 0.522. The maximum atomic E-state index is 12.8. The smallest absolute Gasteiger partial charge is 0.313 e. The lowest BCUT2D eigenvalue weighted by molar-refractivity contribution is -0.145. The number of cyclic esters (lactones) is 1. The molecule has 1 aliphatic heterocycles. The molecule has 0 N–H and O–H groups in total. The zero-order valence-corrected chi connectivity index (χ0v) is 17.4. The third kappa shape index (κ3) is 5.99. The fourth-order valence-electron chi connectivity index (χ4n) is 3.63. The van der Waals surface area contributed by atoms with Crippen molar-refractivity contribution in [3.8, 4) is 0 Å². The van der Waals surface area contributed by atoms with Gasteiger partial charge in [0.25, 0.3) is 0 Å². The second-order valence-corrected chi connectivity index (χ2v) is 8.71. The highest BCUT2D eigenvalue weighted by atomic mass is 32.1. The van der Waals surface area contributed by atoms with Crippen LogP contribution in [0.2, 0.25) is 0 Å². The van der Waals surface area contributed by atoms with E-state index in [9.17, 15) is 9.59 Å². The Morgan fingerprint density at radius 1 is 1.04 bits per heavy atom. The number of nitrogens with zero attached hydrogens (tertiary/aromatic N) is 1. The van der Waals surface area contributed by atoms with Gasteiger partial charge in [0.2, 0.25) is 0 Å². The predicted octanol–water partition coefficient (Wildman–Crippen LogP) is 5.88. The first-order valence-corrected chi connectivity index (χ1v) is 11.2. The highest BCUT2D eigenvalue weighted by Crippen LogP contribution is 2.29. The molecule has 1 aromatic carbocycles. The molecule has 2 aromatic rings. The van der Waals surface area contributed by atoms with E-state index in [2.05, 4.69) is 17.1 Å². The summed E-state index contributed by atoms with van der Waals surface area (Å²) in [6, 6.07) is 5.98. The number of esters is 1. The molecule has 2 heterocycles. The lowest BCUT2D eigenvalue weighted by Gasteiger charge is -2.16. The average Bonchev–Trinajstić information content (AvgIpc) is 3.04. The molecule has 3 rings (SSSR count). The number of thiazole rings is 1. The summed E-state index contributed by atoms with van der Waals surface area (Å²) < 4.78 is 6.66. The van der Waals surface area contributed by atoms with Crippen molar-refractivity contribution >= 4 is 33.3 Å². The third-order valence-electron chi connectivity index (χ3n) is 5.19. The van der Waals surface area contributed by atoms with Crippen LogP contribution in [0.25, 0.3) is 10.2 Å². The number of Topliss-reactive ketones (excluding diaryl/α,β-unsaturated/α-hetero) is 1. The van der Waals surface area contributed by atoms with Crippen molar-refractivity contribution in [2.45, 2.75) is 70.6 Å². The van der Waals surface area contributed by atoms with Gasteiger partial charge in [-0.05, 0) is 56.7 Å². The van der Waals surface area contributed by atoms with Gasteiger partial charge in [-0.2, -0.15) is 0 Å². The standard InChI is InChI=1S/C23H29NO3S/c1-17-24-21-16-18(11-14-22(21)28-17)20-13-12-19(25)10-8-6-4-2-3-5-7-9-15-27-23(20)26/h5,7,11,14,16,20H,2-4,6,8-10,12-13,15H2,1H3/b7-5+. The van der Waals surface area contributed by atoms with E-state index in [1.165, 1.54) is 6.42 Å². The number of hydrogen-bond donors (Lipinski definition) is 0. The van der Waals surface area contributed by atoms with E-state index >= 15 is 0 Å². The van der Waals surface area contributed by atoms with E-state index in [4.69, 9.17) is 4.74 Å². The summed E-state index contributed by atoms with van der Waals surface area (Å²) in [5, 5.41) is 1.01.